The van der Waals surface area contributed by atoms with Crippen LogP contribution in [0.5, 0.6) is 5.75 Å². The lowest BCUT2D eigenvalue weighted by atomic mass is 9.99. The fourth-order valence-electron chi connectivity index (χ4n) is 1.92. The highest BCUT2D eigenvalue weighted by molar-refractivity contribution is 6.05. The fourth-order valence-corrected chi connectivity index (χ4v) is 1.92. The molecule has 2 rings (SSSR count). The van der Waals surface area contributed by atoms with Gasteiger partial charge < -0.3 is 4.74 Å². The molecule has 1 heterocycles. The standard InChI is InChI=1S/C13H14O2/c1-3-6-11-13(14)12-9(4-2)7-5-8-10(12)15-11/h3,5,7-8,11H,1,4,6H2,2H3. The molecule has 15 heavy (non-hydrogen) atoms. The molecule has 0 radical (unpaired) electrons. The van der Waals surface area contributed by atoms with Crippen LogP contribution in [-0.4, -0.2) is 11.9 Å². The molecule has 1 aliphatic rings. The highest BCUT2D eigenvalue weighted by Gasteiger charge is 2.32. The number of hydrogen-bond donors (Lipinski definition) is 0. The van der Waals surface area contributed by atoms with Crippen LogP contribution < -0.4 is 4.74 Å². The smallest absolute Gasteiger partial charge is 0.207 e. The number of carbonyl (C=O) groups is 1. The Morgan fingerprint density at radius 1 is 1.53 bits per heavy atom. The van der Waals surface area contributed by atoms with Crippen molar-refractivity contribution in [2.45, 2.75) is 25.9 Å². The van der Waals surface area contributed by atoms with E-state index in [-0.39, 0.29) is 11.9 Å². The first-order chi connectivity index (χ1) is 7.27. The van der Waals surface area contributed by atoms with Crippen molar-refractivity contribution in [1.29, 1.82) is 0 Å². The van der Waals surface area contributed by atoms with Crippen LogP contribution in [-0.2, 0) is 6.42 Å². The molecule has 0 bridgehead atoms. The molecule has 0 fully saturated rings. The number of rotatable bonds is 3. The Morgan fingerprint density at radius 3 is 3.00 bits per heavy atom. The predicted octanol–water partition coefficient (Wildman–Crippen LogP) is 2.77. The lowest BCUT2D eigenvalue weighted by Gasteiger charge is -2.04. The van der Waals surface area contributed by atoms with Crippen molar-refractivity contribution in [1.82, 2.24) is 0 Å². The second kappa shape index (κ2) is 3.89. The molecule has 2 heteroatoms. The van der Waals surface area contributed by atoms with Crippen LogP contribution in [0, 0.1) is 0 Å². The number of Topliss-reactive ketones (excluding diaryl/α,β-unsaturated/α-hetero) is 1. The van der Waals surface area contributed by atoms with Gasteiger partial charge in [0.25, 0.3) is 0 Å². The largest absolute Gasteiger partial charge is 0.481 e. The van der Waals surface area contributed by atoms with Crippen molar-refractivity contribution < 1.29 is 9.53 Å². The highest BCUT2D eigenvalue weighted by Crippen LogP contribution is 2.32. The Bertz CT molecular complexity index is 407. The third kappa shape index (κ3) is 1.56. The Hall–Kier alpha value is -1.57. The lowest BCUT2D eigenvalue weighted by Crippen LogP contribution is -2.19. The number of aryl methyl sites for hydroxylation is 1. The highest BCUT2D eigenvalue weighted by atomic mass is 16.5. The second-order valence-corrected chi connectivity index (χ2v) is 3.64. The van der Waals surface area contributed by atoms with Gasteiger partial charge in [0.05, 0.1) is 5.56 Å². The molecule has 2 nitrogen and oxygen atoms in total. The van der Waals surface area contributed by atoms with E-state index in [2.05, 4.69) is 6.58 Å². The summed E-state index contributed by atoms with van der Waals surface area (Å²) in [6, 6.07) is 5.77. The number of carbonyl (C=O) groups excluding carboxylic acids is 1. The summed E-state index contributed by atoms with van der Waals surface area (Å²) in [6.07, 6.45) is 2.81. The van der Waals surface area contributed by atoms with Crippen LogP contribution in [0.2, 0.25) is 0 Å². The summed E-state index contributed by atoms with van der Waals surface area (Å²) in [5, 5.41) is 0. The number of benzene rings is 1. The zero-order valence-corrected chi connectivity index (χ0v) is 8.82. The fraction of sp³-hybridized carbons (Fsp3) is 0.308. The number of fused-ring (bicyclic) bond motifs is 1. The van der Waals surface area contributed by atoms with E-state index in [0.717, 1.165) is 23.3 Å². The summed E-state index contributed by atoms with van der Waals surface area (Å²) in [5.41, 5.74) is 1.84. The van der Waals surface area contributed by atoms with Gasteiger partial charge in [0.2, 0.25) is 5.78 Å². The maximum absolute atomic E-state index is 12.0. The molecule has 0 aromatic heterocycles. The van der Waals surface area contributed by atoms with E-state index in [1.54, 1.807) is 6.08 Å². The Labute approximate surface area is 89.6 Å². The SMILES string of the molecule is C=CCC1Oc2cccc(CC)c2C1=O. The minimum atomic E-state index is -0.356. The van der Waals surface area contributed by atoms with Crippen LogP contribution in [0.4, 0.5) is 0 Å². The summed E-state index contributed by atoms with van der Waals surface area (Å²) >= 11 is 0. The van der Waals surface area contributed by atoms with E-state index in [9.17, 15) is 4.79 Å². The molecule has 1 aromatic carbocycles. The molecule has 0 saturated carbocycles. The quantitative estimate of drug-likeness (QED) is 0.704. The first-order valence-corrected chi connectivity index (χ1v) is 5.21. The molecule has 1 unspecified atom stereocenters. The van der Waals surface area contributed by atoms with Crippen molar-refractivity contribution in [3.8, 4) is 5.75 Å². The van der Waals surface area contributed by atoms with E-state index in [0.29, 0.717) is 6.42 Å². The predicted molar refractivity (Wildman–Crippen MR) is 59.4 cm³/mol. The molecular weight excluding hydrogens is 188 g/mol. The van der Waals surface area contributed by atoms with Gasteiger partial charge in [-0.1, -0.05) is 25.1 Å². The van der Waals surface area contributed by atoms with E-state index >= 15 is 0 Å². The van der Waals surface area contributed by atoms with E-state index < -0.39 is 0 Å². The molecule has 0 N–H and O–H groups in total. The van der Waals surface area contributed by atoms with Gasteiger partial charge in [-0.3, -0.25) is 4.79 Å². The first kappa shape index (κ1) is 9.97. The first-order valence-electron chi connectivity index (χ1n) is 5.21. The second-order valence-electron chi connectivity index (χ2n) is 3.64. The van der Waals surface area contributed by atoms with Gasteiger partial charge in [-0.15, -0.1) is 6.58 Å². The minimum absolute atomic E-state index is 0.0994. The normalized spacial score (nSPS) is 18.5. The van der Waals surface area contributed by atoms with Crippen LogP contribution in [0.3, 0.4) is 0 Å². The van der Waals surface area contributed by atoms with Crippen molar-refractivity contribution in [2.75, 3.05) is 0 Å². The minimum Gasteiger partial charge on any atom is -0.481 e. The lowest BCUT2D eigenvalue weighted by molar-refractivity contribution is 0.0860. The Kier molecular flexibility index (Phi) is 2.58. The van der Waals surface area contributed by atoms with E-state index in [4.69, 9.17) is 4.74 Å². The molecule has 0 amide bonds. The van der Waals surface area contributed by atoms with Crippen molar-refractivity contribution in [3.05, 3.63) is 42.0 Å². The topological polar surface area (TPSA) is 26.3 Å². The van der Waals surface area contributed by atoms with Gasteiger partial charge in [-0.05, 0) is 18.1 Å². The maximum atomic E-state index is 12.0. The van der Waals surface area contributed by atoms with Crippen molar-refractivity contribution in [3.63, 3.8) is 0 Å². The zero-order chi connectivity index (χ0) is 10.8. The van der Waals surface area contributed by atoms with Crippen molar-refractivity contribution in [2.24, 2.45) is 0 Å². The third-order valence-corrected chi connectivity index (χ3v) is 2.68. The van der Waals surface area contributed by atoms with Gasteiger partial charge in [0, 0.05) is 6.42 Å². The molecule has 1 aliphatic heterocycles. The summed E-state index contributed by atoms with van der Waals surface area (Å²) in [6.45, 7) is 5.68. The third-order valence-electron chi connectivity index (χ3n) is 2.68. The molecule has 0 saturated heterocycles. The van der Waals surface area contributed by atoms with Gasteiger partial charge in [0.1, 0.15) is 5.75 Å². The van der Waals surface area contributed by atoms with Crippen LogP contribution in [0.25, 0.3) is 0 Å². The van der Waals surface area contributed by atoms with Crippen LogP contribution in [0.1, 0.15) is 29.3 Å². The average molecular weight is 202 g/mol. The maximum Gasteiger partial charge on any atom is 0.207 e. The molecule has 1 atom stereocenters. The van der Waals surface area contributed by atoms with Crippen molar-refractivity contribution >= 4 is 5.78 Å². The summed E-state index contributed by atoms with van der Waals surface area (Å²) in [4.78, 5) is 12.0. The summed E-state index contributed by atoms with van der Waals surface area (Å²) < 4.78 is 5.58. The number of hydrogen-bond acceptors (Lipinski definition) is 2. The molecular formula is C13H14O2. The molecule has 78 valence electrons. The van der Waals surface area contributed by atoms with Gasteiger partial charge in [-0.25, -0.2) is 0 Å². The van der Waals surface area contributed by atoms with Gasteiger partial charge in [0.15, 0.2) is 6.10 Å². The summed E-state index contributed by atoms with van der Waals surface area (Å²) in [7, 11) is 0. The van der Waals surface area contributed by atoms with Crippen LogP contribution in [0.15, 0.2) is 30.9 Å². The van der Waals surface area contributed by atoms with E-state index in [1.165, 1.54) is 0 Å². The summed E-state index contributed by atoms with van der Waals surface area (Å²) in [5.74, 6) is 0.827. The monoisotopic (exact) mass is 202 g/mol. The average Bonchev–Trinajstić information content (AvgIpc) is 2.57. The Morgan fingerprint density at radius 2 is 2.33 bits per heavy atom. The number of ether oxygens (including phenoxy) is 1. The van der Waals surface area contributed by atoms with Gasteiger partial charge in [-0.2, -0.15) is 0 Å². The Balaban J connectivity index is 2.41. The molecule has 0 aliphatic carbocycles. The van der Waals surface area contributed by atoms with E-state index in [1.807, 2.05) is 25.1 Å². The van der Waals surface area contributed by atoms with Crippen LogP contribution >= 0.6 is 0 Å². The molecule has 0 spiro atoms. The van der Waals surface area contributed by atoms with Gasteiger partial charge >= 0.3 is 0 Å². The zero-order valence-electron chi connectivity index (χ0n) is 8.82. The molecule has 1 aromatic rings. The number of ketones is 1.